The molecule has 0 amide bonds. The first-order valence-electron chi connectivity index (χ1n) is 5.74. The molecule has 0 aliphatic rings. The molecule has 2 aromatic carbocycles. The quantitative estimate of drug-likeness (QED) is 0.812. The molecule has 1 N–H and O–H groups in total. The third kappa shape index (κ3) is 2.38. The van der Waals surface area contributed by atoms with Crippen LogP contribution in [0.4, 0.5) is 0 Å². The molecule has 0 aliphatic carbocycles. The van der Waals surface area contributed by atoms with Crippen molar-refractivity contribution in [1.29, 1.82) is 0 Å². The average Bonchev–Trinajstić information content (AvgIpc) is 2.41. The van der Waals surface area contributed by atoms with Crippen molar-refractivity contribution in [3.05, 3.63) is 72.4 Å². The smallest absolute Gasteiger partial charge is 0.277 e. The summed E-state index contributed by atoms with van der Waals surface area (Å²) < 4.78 is 0. The largest absolute Gasteiger partial charge is 0.421 e. The fraction of sp³-hybridized carbons (Fsp3) is 0.0667. The summed E-state index contributed by atoms with van der Waals surface area (Å²) >= 11 is 0. The molecule has 17 heavy (non-hydrogen) atoms. The second-order valence-corrected chi connectivity index (χ2v) is 7.02. The summed E-state index contributed by atoms with van der Waals surface area (Å²) in [6.45, 7) is 1.95. The van der Waals surface area contributed by atoms with Crippen molar-refractivity contribution in [2.45, 2.75) is 6.92 Å². The summed E-state index contributed by atoms with van der Waals surface area (Å²) in [4.78, 5) is 11.0. The Morgan fingerprint density at radius 3 is 1.59 bits per heavy atom. The van der Waals surface area contributed by atoms with Crippen LogP contribution < -0.4 is 10.4 Å². The van der Waals surface area contributed by atoms with Crippen LogP contribution in [0.15, 0.2) is 72.4 Å². The molecule has 0 saturated heterocycles. The van der Waals surface area contributed by atoms with Crippen molar-refractivity contribution in [2.75, 3.05) is 0 Å². The molecule has 1 nitrogen and oxygen atoms in total. The van der Waals surface area contributed by atoms with E-state index in [0.29, 0.717) is 0 Å². The number of rotatable bonds is 3. The molecule has 0 saturated carbocycles. The summed E-state index contributed by atoms with van der Waals surface area (Å²) in [5.74, 6) is 0. The minimum atomic E-state index is -2.68. The van der Waals surface area contributed by atoms with E-state index in [0.717, 1.165) is 10.4 Å². The molecule has 0 unspecified atom stereocenters. The highest BCUT2D eigenvalue weighted by molar-refractivity contribution is 7.00. The molecule has 0 aliphatic heterocycles. The highest BCUT2D eigenvalue weighted by Crippen LogP contribution is 2.04. The second kappa shape index (κ2) is 5.12. The second-order valence-electron chi connectivity index (χ2n) is 4.00. The molecule has 0 fully saturated rings. The molecular weight excluding hydrogens is 224 g/mol. The van der Waals surface area contributed by atoms with E-state index < -0.39 is 8.32 Å². The normalized spacial score (nSPS) is 11.9. The topological polar surface area (TPSA) is 20.2 Å². The van der Waals surface area contributed by atoms with Gasteiger partial charge in [0.1, 0.15) is 0 Å². The van der Waals surface area contributed by atoms with Crippen LogP contribution in [0.25, 0.3) is 0 Å². The van der Waals surface area contributed by atoms with E-state index in [1.807, 2.05) is 79.4 Å². The third-order valence-electron chi connectivity index (χ3n) is 2.84. The minimum absolute atomic E-state index is 1.02. The monoisotopic (exact) mass is 240 g/mol. The van der Waals surface area contributed by atoms with Crippen molar-refractivity contribution in [3.63, 3.8) is 0 Å². The van der Waals surface area contributed by atoms with Gasteiger partial charge in [-0.2, -0.15) is 0 Å². The maximum Gasteiger partial charge on any atom is 0.277 e. The standard InChI is InChI=1S/C15H16OSi/c1-2-13-17(16,14-9-5-3-6-10-14)15-11-7-4-8-12-15/h2-13,16H,1H3. The van der Waals surface area contributed by atoms with Gasteiger partial charge in [-0.1, -0.05) is 72.4 Å². The summed E-state index contributed by atoms with van der Waals surface area (Å²) in [6.07, 6.45) is 1.94. The highest BCUT2D eigenvalue weighted by atomic mass is 28.4. The predicted octanol–water partition coefficient (Wildman–Crippen LogP) is 1.85. The van der Waals surface area contributed by atoms with E-state index in [1.165, 1.54) is 0 Å². The van der Waals surface area contributed by atoms with Gasteiger partial charge in [0.25, 0.3) is 8.32 Å². The highest BCUT2D eigenvalue weighted by Gasteiger charge is 2.32. The first-order valence-corrected chi connectivity index (χ1v) is 7.77. The lowest BCUT2D eigenvalue weighted by atomic mass is 10.4. The Balaban J connectivity index is 2.55. The molecule has 0 atom stereocenters. The number of allylic oxidation sites excluding steroid dienone is 1. The Kier molecular flexibility index (Phi) is 3.57. The van der Waals surface area contributed by atoms with Crippen LogP contribution in [-0.2, 0) is 0 Å². The van der Waals surface area contributed by atoms with Gasteiger partial charge in [0, 0.05) is 0 Å². The molecule has 86 valence electrons. The zero-order chi connectivity index (χ0) is 12.1. The van der Waals surface area contributed by atoms with Crippen molar-refractivity contribution >= 4 is 18.7 Å². The Hall–Kier alpha value is -1.64. The molecule has 2 heteroatoms. The first-order chi connectivity index (χ1) is 8.27. The Bertz CT molecular complexity index is 451. The number of benzene rings is 2. The fourth-order valence-electron chi connectivity index (χ4n) is 1.98. The van der Waals surface area contributed by atoms with Crippen molar-refractivity contribution in [3.8, 4) is 0 Å². The van der Waals surface area contributed by atoms with E-state index in [1.54, 1.807) is 0 Å². The van der Waals surface area contributed by atoms with E-state index in [4.69, 9.17) is 0 Å². The van der Waals surface area contributed by atoms with Gasteiger partial charge in [0.2, 0.25) is 0 Å². The SMILES string of the molecule is CC=C[Si](O)(c1ccccc1)c1ccccc1. The lowest BCUT2D eigenvalue weighted by molar-refractivity contribution is 0.582. The van der Waals surface area contributed by atoms with Gasteiger partial charge in [-0.05, 0) is 17.3 Å². The average molecular weight is 240 g/mol. The molecule has 2 aromatic rings. The first kappa shape index (κ1) is 11.8. The van der Waals surface area contributed by atoms with Crippen LogP contribution in [0.2, 0.25) is 0 Å². The van der Waals surface area contributed by atoms with Gasteiger partial charge in [0.05, 0.1) is 0 Å². The molecule has 0 radical (unpaired) electrons. The zero-order valence-electron chi connectivity index (χ0n) is 9.88. The molecule has 0 aromatic heterocycles. The minimum Gasteiger partial charge on any atom is -0.421 e. The van der Waals surface area contributed by atoms with E-state index in [2.05, 4.69) is 0 Å². The summed E-state index contributed by atoms with van der Waals surface area (Å²) in [6, 6.07) is 19.8. The fourth-order valence-corrected chi connectivity index (χ4v) is 4.59. The van der Waals surface area contributed by atoms with Gasteiger partial charge in [-0.15, -0.1) is 0 Å². The van der Waals surface area contributed by atoms with Gasteiger partial charge < -0.3 is 4.80 Å². The molecule has 0 bridgehead atoms. The third-order valence-corrected chi connectivity index (χ3v) is 6.08. The summed E-state index contributed by atoms with van der Waals surface area (Å²) in [5.41, 5.74) is 1.96. The van der Waals surface area contributed by atoms with E-state index in [-0.39, 0.29) is 0 Å². The maximum absolute atomic E-state index is 11.0. The molecular formula is C15H16OSi. The molecule has 0 spiro atoms. The van der Waals surface area contributed by atoms with Gasteiger partial charge in [-0.25, -0.2) is 0 Å². The lowest BCUT2D eigenvalue weighted by Crippen LogP contribution is -2.57. The predicted molar refractivity (Wildman–Crippen MR) is 74.9 cm³/mol. The van der Waals surface area contributed by atoms with Crippen molar-refractivity contribution in [2.24, 2.45) is 0 Å². The van der Waals surface area contributed by atoms with Crippen LogP contribution in [-0.4, -0.2) is 13.1 Å². The Morgan fingerprint density at radius 1 is 0.824 bits per heavy atom. The van der Waals surface area contributed by atoms with Crippen LogP contribution in [0.3, 0.4) is 0 Å². The summed E-state index contributed by atoms with van der Waals surface area (Å²) in [5, 5.41) is 2.04. The van der Waals surface area contributed by atoms with Gasteiger partial charge in [-0.3, -0.25) is 0 Å². The van der Waals surface area contributed by atoms with Crippen LogP contribution >= 0.6 is 0 Å². The van der Waals surface area contributed by atoms with Crippen LogP contribution in [0, 0.1) is 0 Å². The lowest BCUT2D eigenvalue weighted by Gasteiger charge is -2.22. The Morgan fingerprint density at radius 2 is 1.24 bits per heavy atom. The summed E-state index contributed by atoms with van der Waals surface area (Å²) in [7, 11) is -2.68. The van der Waals surface area contributed by atoms with Crippen molar-refractivity contribution < 1.29 is 4.80 Å². The van der Waals surface area contributed by atoms with E-state index in [9.17, 15) is 4.80 Å². The molecule has 0 heterocycles. The number of hydrogen-bond acceptors (Lipinski definition) is 1. The van der Waals surface area contributed by atoms with Gasteiger partial charge >= 0.3 is 0 Å². The zero-order valence-corrected chi connectivity index (χ0v) is 10.9. The van der Waals surface area contributed by atoms with Crippen LogP contribution in [0.5, 0.6) is 0 Å². The Labute approximate surface area is 103 Å². The van der Waals surface area contributed by atoms with Crippen molar-refractivity contribution in [1.82, 2.24) is 0 Å². The maximum atomic E-state index is 11.0. The molecule has 2 rings (SSSR count). The van der Waals surface area contributed by atoms with Gasteiger partial charge in [0.15, 0.2) is 0 Å². The van der Waals surface area contributed by atoms with E-state index >= 15 is 0 Å². The van der Waals surface area contributed by atoms with Crippen LogP contribution in [0.1, 0.15) is 6.92 Å². The number of hydrogen-bond donors (Lipinski definition) is 1.